The number of carboxylic acid groups (broad SMARTS) is 1. The van der Waals surface area contributed by atoms with Crippen LogP contribution in [0.15, 0.2) is 48.6 Å². The van der Waals surface area contributed by atoms with Gasteiger partial charge in [0.05, 0.1) is 34.4 Å². The van der Waals surface area contributed by atoms with Crippen molar-refractivity contribution in [2.24, 2.45) is 0 Å². The third kappa shape index (κ3) is 29.2. The van der Waals surface area contributed by atoms with Crippen LogP contribution in [0.25, 0.3) is 0 Å². The van der Waals surface area contributed by atoms with E-state index in [-0.39, 0.29) is 42.7 Å². The van der Waals surface area contributed by atoms with E-state index < -0.39 is 18.1 Å². The van der Waals surface area contributed by atoms with Crippen LogP contribution in [0, 0.1) is 0 Å². The van der Waals surface area contributed by atoms with Crippen LogP contribution in [0.2, 0.25) is 0 Å². The number of esters is 2. The Hall–Kier alpha value is -2.71. The molecule has 0 amide bonds. The molecule has 8 nitrogen and oxygen atoms in total. The van der Waals surface area contributed by atoms with Crippen molar-refractivity contribution in [3.8, 4) is 0 Å². The van der Waals surface area contributed by atoms with Crippen molar-refractivity contribution < 1.29 is 38.2 Å². The Morgan fingerprint density at radius 2 is 1.19 bits per heavy atom. The lowest BCUT2D eigenvalue weighted by Crippen LogP contribution is -2.50. The fourth-order valence-electron chi connectivity index (χ4n) is 4.90. The molecule has 8 heteroatoms. The minimum absolute atomic E-state index is 0.0439. The molecule has 0 heterocycles. The molecule has 0 rings (SSSR count). The van der Waals surface area contributed by atoms with Crippen molar-refractivity contribution in [1.29, 1.82) is 0 Å². The van der Waals surface area contributed by atoms with E-state index in [0.717, 1.165) is 57.8 Å². The van der Waals surface area contributed by atoms with Crippen molar-refractivity contribution in [2.45, 2.75) is 142 Å². The molecule has 0 aliphatic carbocycles. The molecule has 0 spiro atoms. The van der Waals surface area contributed by atoms with Crippen molar-refractivity contribution in [3.05, 3.63) is 48.6 Å². The van der Waals surface area contributed by atoms with Gasteiger partial charge >= 0.3 is 17.9 Å². The van der Waals surface area contributed by atoms with Crippen LogP contribution in [0.3, 0.4) is 0 Å². The molecule has 0 bridgehead atoms. The fraction of sp³-hybridized carbons (Fsp3) is 0.718. The van der Waals surface area contributed by atoms with Crippen LogP contribution in [-0.4, -0.2) is 80.6 Å². The molecule has 2 unspecified atom stereocenters. The first-order chi connectivity index (χ1) is 22.6. The number of nitrogens with zero attached hydrogens (tertiary/aromatic N) is 1. The van der Waals surface area contributed by atoms with Gasteiger partial charge in [-0.15, -0.1) is 0 Å². The Morgan fingerprint density at radius 1 is 0.660 bits per heavy atom. The summed E-state index contributed by atoms with van der Waals surface area (Å²) in [5.41, 5.74) is 0. The SMILES string of the molecule is CC/C=C\C/C=C\C/C=C\C/C=C\CCCCC(=O)OC(COCCC(C(=O)O)[N+](C)(C)C)COC(=O)CCCCCCCCCC. The number of quaternary nitrogens is 1. The second kappa shape index (κ2) is 30.6. The van der Waals surface area contributed by atoms with Gasteiger partial charge in [-0.3, -0.25) is 9.59 Å². The van der Waals surface area contributed by atoms with Gasteiger partial charge in [0.25, 0.3) is 0 Å². The van der Waals surface area contributed by atoms with Gasteiger partial charge in [-0.05, 0) is 51.4 Å². The number of allylic oxidation sites excluding steroid dienone is 8. The number of carbonyl (C=O) groups is 3. The van der Waals surface area contributed by atoms with Crippen molar-refractivity contribution in [2.75, 3.05) is 41.0 Å². The summed E-state index contributed by atoms with van der Waals surface area (Å²) in [5.74, 6) is -1.53. The van der Waals surface area contributed by atoms with Crippen LogP contribution in [0.1, 0.15) is 129 Å². The van der Waals surface area contributed by atoms with Gasteiger partial charge in [-0.2, -0.15) is 0 Å². The number of rotatable bonds is 31. The molecular weight excluding hydrogens is 594 g/mol. The Kier molecular flexibility index (Phi) is 28.8. The van der Waals surface area contributed by atoms with E-state index in [1.54, 1.807) is 0 Å². The van der Waals surface area contributed by atoms with Crippen molar-refractivity contribution in [1.82, 2.24) is 0 Å². The summed E-state index contributed by atoms with van der Waals surface area (Å²) >= 11 is 0. The topological polar surface area (TPSA) is 99.1 Å². The normalized spacial score (nSPS) is 13.6. The van der Waals surface area contributed by atoms with Crippen LogP contribution in [0.4, 0.5) is 0 Å². The van der Waals surface area contributed by atoms with E-state index in [4.69, 9.17) is 14.2 Å². The van der Waals surface area contributed by atoms with Crippen LogP contribution >= 0.6 is 0 Å². The number of unbranched alkanes of at least 4 members (excludes halogenated alkanes) is 9. The number of hydrogen-bond acceptors (Lipinski definition) is 6. The quantitative estimate of drug-likeness (QED) is 0.0343. The molecule has 0 radical (unpaired) electrons. The lowest BCUT2D eigenvalue weighted by Gasteiger charge is -2.31. The zero-order chi connectivity index (χ0) is 35.0. The van der Waals surface area contributed by atoms with Gasteiger partial charge < -0.3 is 23.8 Å². The predicted molar refractivity (Wildman–Crippen MR) is 192 cm³/mol. The number of likely N-dealkylation sites (N-methyl/N-ethyl adjacent to an activating group) is 1. The second-order valence-electron chi connectivity index (χ2n) is 13.1. The highest BCUT2D eigenvalue weighted by atomic mass is 16.6. The maximum Gasteiger partial charge on any atom is 0.362 e. The smallest absolute Gasteiger partial charge is 0.362 e. The van der Waals surface area contributed by atoms with E-state index in [1.165, 1.54) is 32.1 Å². The monoisotopic (exact) mass is 662 g/mol. The summed E-state index contributed by atoms with van der Waals surface area (Å²) in [6.07, 6.45) is 33.1. The number of carbonyl (C=O) groups excluding carboxylic acids is 2. The summed E-state index contributed by atoms with van der Waals surface area (Å²) in [5, 5.41) is 9.56. The molecule has 0 saturated carbocycles. The highest BCUT2D eigenvalue weighted by Gasteiger charge is 2.31. The third-order valence-corrected chi connectivity index (χ3v) is 7.74. The van der Waals surface area contributed by atoms with Crippen LogP contribution < -0.4 is 0 Å². The van der Waals surface area contributed by atoms with Crippen molar-refractivity contribution in [3.63, 3.8) is 0 Å². The van der Waals surface area contributed by atoms with E-state index in [0.29, 0.717) is 19.3 Å². The summed E-state index contributed by atoms with van der Waals surface area (Å²) in [6.45, 7) is 4.52. The molecule has 0 aromatic heterocycles. The summed E-state index contributed by atoms with van der Waals surface area (Å²) in [7, 11) is 5.49. The van der Waals surface area contributed by atoms with Gasteiger partial charge in [-0.25, -0.2) is 4.79 Å². The first-order valence-corrected chi connectivity index (χ1v) is 18.2. The Bertz CT molecular complexity index is 917. The van der Waals surface area contributed by atoms with E-state index in [1.807, 2.05) is 21.1 Å². The van der Waals surface area contributed by atoms with E-state index in [9.17, 15) is 19.5 Å². The standard InChI is InChI=1S/C39H67NO7/c1-6-8-10-12-14-16-17-18-19-20-21-22-24-26-28-30-38(42)47-35(33-45-32-31-36(39(43)44)40(3,4)5)34-46-37(41)29-27-25-23-15-13-11-9-7-2/h8,10,14,16,18-19,21-22,35-36H,6-7,9,11-13,15,17,20,23-34H2,1-5H3/p+1/b10-8-,16-14-,19-18-,22-21-. The zero-order valence-corrected chi connectivity index (χ0v) is 30.5. The molecule has 0 saturated heterocycles. The molecule has 0 aliphatic heterocycles. The summed E-state index contributed by atoms with van der Waals surface area (Å²) in [6, 6.07) is -0.620. The lowest BCUT2D eigenvalue weighted by molar-refractivity contribution is -0.887. The Labute approximate surface area is 286 Å². The molecule has 0 aromatic rings. The molecular formula is C39H68NO7+. The van der Waals surface area contributed by atoms with Crippen molar-refractivity contribution >= 4 is 17.9 Å². The highest BCUT2D eigenvalue weighted by Crippen LogP contribution is 2.12. The van der Waals surface area contributed by atoms with Crippen LogP contribution in [-0.2, 0) is 28.6 Å². The predicted octanol–water partition coefficient (Wildman–Crippen LogP) is 8.90. The summed E-state index contributed by atoms with van der Waals surface area (Å²) < 4.78 is 17.1. The molecule has 270 valence electrons. The average molecular weight is 663 g/mol. The van der Waals surface area contributed by atoms with Gasteiger partial charge in [-0.1, -0.05) is 107 Å². The number of hydrogen-bond donors (Lipinski definition) is 1. The average Bonchev–Trinajstić information content (AvgIpc) is 3.01. The lowest BCUT2D eigenvalue weighted by atomic mass is 10.1. The highest BCUT2D eigenvalue weighted by molar-refractivity contribution is 5.72. The molecule has 2 atom stereocenters. The Morgan fingerprint density at radius 3 is 1.77 bits per heavy atom. The molecule has 47 heavy (non-hydrogen) atoms. The largest absolute Gasteiger partial charge is 0.477 e. The molecule has 0 aliphatic rings. The van der Waals surface area contributed by atoms with Gasteiger partial charge in [0.2, 0.25) is 0 Å². The second-order valence-corrected chi connectivity index (χ2v) is 13.1. The minimum atomic E-state index is -0.885. The first-order valence-electron chi connectivity index (χ1n) is 18.2. The molecule has 0 fully saturated rings. The number of aliphatic carboxylic acids is 1. The summed E-state index contributed by atoms with van der Waals surface area (Å²) in [4.78, 5) is 36.6. The number of carboxylic acids is 1. The molecule has 1 N–H and O–H groups in total. The fourth-order valence-corrected chi connectivity index (χ4v) is 4.90. The van der Waals surface area contributed by atoms with Gasteiger partial charge in [0.15, 0.2) is 12.1 Å². The Balaban J connectivity index is 4.52. The maximum atomic E-state index is 12.6. The zero-order valence-electron chi connectivity index (χ0n) is 30.5. The van der Waals surface area contributed by atoms with Gasteiger partial charge in [0.1, 0.15) is 6.61 Å². The number of ether oxygens (including phenoxy) is 3. The molecule has 0 aromatic carbocycles. The van der Waals surface area contributed by atoms with E-state index in [2.05, 4.69) is 62.5 Å². The maximum absolute atomic E-state index is 12.6. The van der Waals surface area contributed by atoms with Crippen LogP contribution in [0.5, 0.6) is 0 Å². The minimum Gasteiger partial charge on any atom is -0.477 e. The first kappa shape index (κ1) is 44.3. The van der Waals surface area contributed by atoms with E-state index >= 15 is 0 Å². The third-order valence-electron chi connectivity index (χ3n) is 7.74. The van der Waals surface area contributed by atoms with Gasteiger partial charge in [0, 0.05) is 19.3 Å².